The van der Waals surface area contributed by atoms with Crippen molar-refractivity contribution in [3.05, 3.63) is 59.9 Å². The van der Waals surface area contributed by atoms with Crippen LogP contribution < -0.4 is 0 Å². The normalized spacial score (nSPS) is 10.6. The molecule has 0 atom stereocenters. The number of halogens is 1. The quantitative estimate of drug-likeness (QED) is 0.860. The monoisotopic (exact) mass is 273 g/mol. The first-order valence-corrected chi connectivity index (χ1v) is 6.40. The van der Waals surface area contributed by atoms with Gasteiger partial charge in [0.25, 0.3) is 5.91 Å². The second-order valence-corrected chi connectivity index (χ2v) is 4.70. The minimum atomic E-state index is -0.607. The first-order valence-electron chi connectivity index (χ1n) is 6.40. The molecule has 104 valence electrons. The fourth-order valence-corrected chi connectivity index (χ4v) is 1.86. The number of hydrogen-bond donors (Lipinski definition) is 0. The Labute approximate surface area is 117 Å². The van der Waals surface area contributed by atoms with Gasteiger partial charge in [-0.1, -0.05) is 6.07 Å². The molecule has 5 heteroatoms. The molecule has 2 aromatic heterocycles. The summed E-state index contributed by atoms with van der Waals surface area (Å²) in [5, 5.41) is 0. The molecule has 0 aromatic carbocycles. The van der Waals surface area contributed by atoms with Gasteiger partial charge in [-0.05, 0) is 32.0 Å². The van der Waals surface area contributed by atoms with Gasteiger partial charge < -0.3 is 4.90 Å². The third kappa shape index (κ3) is 3.17. The van der Waals surface area contributed by atoms with E-state index in [-0.39, 0.29) is 17.5 Å². The summed E-state index contributed by atoms with van der Waals surface area (Å²) < 4.78 is 13.7. The summed E-state index contributed by atoms with van der Waals surface area (Å²) in [7, 11) is 0. The summed E-state index contributed by atoms with van der Waals surface area (Å²) in [6, 6.07) is 6.85. The van der Waals surface area contributed by atoms with E-state index in [1.165, 1.54) is 12.3 Å². The molecule has 0 saturated carbocycles. The number of amides is 1. The zero-order valence-electron chi connectivity index (χ0n) is 11.5. The molecule has 1 amide bonds. The van der Waals surface area contributed by atoms with Crippen LogP contribution in [0.3, 0.4) is 0 Å². The average Bonchev–Trinajstić information content (AvgIpc) is 2.45. The largest absolute Gasteiger partial charge is 0.330 e. The van der Waals surface area contributed by atoms with Gasteiger partial charge >= 0.3 is 0 Å². The van der Waals surface area contributed by atoms with Crippen LogP contribution in [-0.2, 0) is 6.54 Å². The minimum Gasteiger partial charge on any atom is -0.330 e. The predicted octanol–water partition coefficient (Wildman–Crippen LogP) is 2.67. The summed E-state index contributed by atoms with van der Waals surface area (Å²) in [5.41, 5.74) is 0.800. The van der Waals surface area contributed by atoms with Crippen molar-refractivity contribution in [1.82, 2.24) is 14.9 Å². The molecule has 20 heavy (non-hydrogen) atoms. The molecule has 0 aliphatic carbocycles. The fraction of sp³-hybridized carbons (Fsp3) is 0.267. The van der Waals surface area contributed by atoms with E-state index in [1.807, 2.05) is 32.0 Å². The van der Waals surface area contributed by atoms with Gasteiger partial charge in [0.15, 0.2) is 5.82 Å². The number of pyridine rings is 2. The average molecular weight is 273 g/mol. The molecule has 0 bridgehead atoms. The fourth-order valence-electron chi connectivity index (χ4n) is 1.86. The van der Waals surface area contributed by atoms with E-state index in [0.717, 1.165) is 11.9 Å². The van der Waals surface area contributed by atoms with Crippen molar-refractivity contribution in [2.24, 2.45) is 0 Å². The molecule has 2 heterocycles. The van der Waals surface area contributed by atoms with Gasteiger partial charge in [-0.2, -0.15) is 0 Å². The maximum atomic E-state index is 13.7. The summed E-state index contributed by atoms with van der Waals surface area (Å²) >= 11 is 0. The molecule has 0 aliphatic heterocycles. The second kappa shape index (κ2) is 6.23. The highest BCUT2D eigenvalue weighted by atomic mass is 19.1. The lowest BCUT2D eigenvalue weighted by Crippen LogP contribution is -2.37. The van der Waals surface area contributed by atoms with E-state index in [4.69, 9.17) is 0 Å². The van der Waals surface area contributed by atoms with Crippen LogP contribution in [0.1, 0.15) is 29.9 Å². The van der Waals surface area contributed by atoms with Gasteiger partial charge in [0.1, 0.15) is 0 Å². The Kier molecular flexibility index (Phi) is 4.40. The molecule has 0 fully saturated rings. The third-order valence-electron chi connectivity index (χ3n) is 2.95. The summed E-state index contributed by atoms with van der Waals surface area (Å²) in [5.74, 6) is -0.963. The Bertz CT molecular complexity index is 587. The van der Waals surface area contributed by atoms with E-state index in [0.29, 0.717) is 6.54 Å². The highest BCUT2D eigenvalue weighted by Crippen LogP contribution is 2.14. The lowest BCUT2D eigenvalue weighted by molar-refractivity contribution is 0.0683. The Balaban J connectivity index is 2.25. The van der Waals surface area contributed by atoms with Gasteiger partial charge in [0.05, 0.1) is 24.0 Å². The smallest absolute Gasteiger partial charge is 0.257 e. The zero-order valence-corrected chi connectivity index (χ0v) is 11.5. The number of nitrogens with zero attached hydrogens (tertiary/aromatic N) is 3. The molecule has 0 unspecified atom stereocenters. The van der Waals surface area contributed by atoms with Crippen LogP contribution in [0.5, 0.6) is 0 Å². The van der Waals surface area contributed by atoms with Crippen molar-refractivity contribution >= 4 is 5.91 Å². The van der Waals surface area contributed by atoms with Crippen molar-refractivity contribution in [2.75, 3.05) is 0 Å². The number of carbonyl (C=O) groups is 1. The number of rotatable bonds is 4. The molecular formula is C15H16FN3O. The van der Waals surface area contributed by atoms with Gasteiger partial charge in [-0.15, -0.1) is 0 Å². The number of hydrogen-bond acceptors (Lipinski definition) is 3. The van der Waals surface area contributed by atoms with Crippen molar-refractivity contribution in [3.8, 4) is 0 Å². The van der Waals surface area contributed by atoms with E-state index < -0.39 is 5.82 Å². The highest BCUT2D eigenvalue weighted by Gasteiger charge is 2.22. The maximum absolute atomic E-state index is 13.7. The topological polar surface area (TPSA) is 46.1 Å². The molecule has 2 rings (SSSR count). The minimum absolute atomic E-state index is 0.0321. The van der Waals surface area contributed by atoms with Crippen LogP contribution in [-0.4, -0.2) is 26.8 Å². The number of aromatic nitrogens is 2. The third-order valence-corrected chi connectivity index (χ3v) is 2.95. The highest BCUT2D eigenvalue weighted by molar-refractivity contribution is 5.94. The van der Waals surface area contributed by atoms with Crippen LogP contribution in [0.4, 0.5) is 4.39 Å². The molecule has 2 aromatic rings. The Hall–Kier alpha value is -2.30. The molecule has 0 aliphatic rings. The van der Waals surface area contributed by atoms with Gasteiger partial charge in [-0.25, -0.2) is 4.39 Å². The summed E-state index contributed by atoms with van der Waals surface area (Å²) in [6.07, 6.45) is 4.13. The van der Waals surface area contributed by atoms with Crippen LogP contribution in [0.15, 0.2) is 42.9 Å². The maximum Gasteiger partial charge on any atom is 0.257 e. The molecular weight excluding hydrogens is 257 g/mol. The van der Waals surface area contributed by atoms with Crippen LogP contribution in [0.25, 0.3) is 0 Å². The van der Waals surface area contributed by atoms with Crippen LogP contribution in [0, 0.1) is 5.82 Å². The van der Waals surface area contributed by atoms with Crippen molar-refractivity contribution in [3.63, 3.8) is 0 Å². The van der Waals surface area contributed by atoms with Crippen LogP contribution in [0.2, 0.25) is 0 Å². The second-order valence-electron chi connectivity index (χ2n) is 4.70. The van der Waals surface area contributed by atoms with Gasteiger partial charge in [0.2, 0.25) is 0 Å². The first-order chi connectivity index (χ1) is 9.59. The molecule has 0 spiro atoms. The Morgan fingerprint density at radius 3 is 2.70 bits per heavy atom. The van der Waals surface area contributed by atoms with Crippen molar-refractivity contribution in [2.45, 2.75) is 26.4 Å². The van der Waals surface area contributed by atoms with E-state index in [2.05, 4.69) is 9.97 Å². The van der Waals surface area contributed by atoms with Crippen molar-refractivity contribution in [1.29, 1.82) is 0 Å². The lowest BCUT2D eigenvalue weighted by atomic mass is 10.2. The van der Waals surface area contributed by atoms with Gasteiger partial charge in [0, 0.05) is 18.4 Å². The summed E-state index contributed by atoms with van der Waals surface area (Å²) in [6.45, 7) is 4.12. The van der Waals surface area contributed by atoms with E-state index in [9.17, 15) is 9.18 Å². The lowest BCUT2D eigenvalue weighted by Gasteiger charge is -2.26. The number of carbonyl (C=O) groups excluding carboxylic acids is 1. The van der Waals surface area contributed by atoms with E-state index >= 15 is 0 Å². The summed E-state index contributed by atoms with van der Waals surface area (Å²) in [4.78, 5) is 21.9. The molecule has 0 N–H and O–H groups in total. The predicted molar refractivity (Wildman–Crippen MR) is 73.4 cm³/mol. The molecule has 4 nitrogen and oxygen atoms in total. The van der Waals surface area contributed by atoms with E-state index in [1.54, 1.807) is 11.1 Å². The van der Waals surface area contributed by atoms with Crippen molar-refractivity contribution < 1.29 is 9.18 Å². The molecule has 0 radical (unpaired) electrons. The Morgan fingerprint density at radius 2 is 2.10 bits per heavy atom. The van der Waals surface area contributed by atoms with Crippen LogP contribution >= 0.6 is 0 Å². The Morgan fingerprint density at radius 1 is 1.30 bits per heavy atom. The SMILES string of the molecule is CC(C)N(Cc1ccccn1)C(=O)c1ccncc1F. The van der Waals surface area contributed by atoms with Gasteiger partial charge in [-0.3, -0.25) is 14.8 Å². The molecule has 0 saturated heterocycles. The first kappa shape index (κ1) is 14.1. The zero-order chi connectivity index (χ0) is 14.5. The standard InChI is InChI=1S/C15H16FN3O/c1-11(2)19(10-12-5-3-4-7-18-12)15(20)13-6-8-17-9-14(13)16/h3-9,11H,10H2,1-2H3.